The van der Waals surface area contributed by atoms with Crippen LogP contribution in [0.4, 0.5) is 0 Å². The van der Waals surface area contributed by atoms with Crippen LogP contribution in [0.1, 0.15) is 28.7 Å². The van der Waals surface area contributed by atoms with Gasteiger partial charge in [-0.3, -0.25) is 0 Å². The van der Waals surface area contributed by atoms with E-state index in [4.69, 9.17) is 14.4 Å². The minimum atomic E-state index is 0.442. The molecule has 0 amide bonds. The summed E-state index contributed by atoms with van der Waals surface area (Å²) in [6.07, 6.45) is 0.717. The van der Waals surface area contributed by atoms with Gasteiger partial charge in [-0.1, -0.05) is 46.7 Å². The van der Waals surface area contributed by atoms with Crippen LogP contribution in [0.3, 0.4) is 0 Å². The van der Waals surface area contributed by atoms with E-state index in [2.05, 4.69) is 35.4 Å². The Morgan fingerprint density at radius 1 is 1.20 bits per heavy atom. The molecule has 1 heterocycles. The fourth-order valence-corrected chi connectivity index (χ4v) is 2.72. The summed E-state index contributed by atoms with van der Waals surface area (Å²) in [4.78, 5) is 10.2. The Kier molecular flexibility index (Phi) is 5.33. The van der Waals surface area contributed by atoms with E-state index >= 15 is 0 Å². The summed E-state index contributed by atoms with van der Waals surface area (Å²) in [5.74, 6) is 0.890. The molecule has 0 aromatic heterocycles. The van der Waals surface area contributed by atoms with Gasteiger partial charge in [0.2, 0.25) is 0 Å². The van der Waals surface area contributed by atoms with Crippen molar-refractivity contribution in [3.8, 4) is 5.75 Å². The highest BCUT2D eigenvalue weighted by Gasteiger charge is 2.20. The van der Waals surface area contributed by atoms with Gasteiger partial charge < -0.3 is 14.4 Å². The van der Waals surface area contributed by atoms with Crippen LogP contribution in [0.5, 0.6) is 5.75 Å². The largest absolute Gasteiger partial charge is 0.489 e. The van der Waals surface area contributed by atoms with E-state index in [0.717, 1.165) is 28.2 Å². The molecule has 130 valence electrons. The first-order chi connectivity index (χ1) is 12.2. The van der Waals surface area contributed by atoms with Crippen LogP contribution in [-0.4, -0.2) is 25.1 Å². The van der Waals surface area contributed by atoms with Crippen LogP contribution in [0.25, 0.3) is 0 Å². The molecular formula is C20H22N2O3. The third-order valence-electron chi connectivity index (χ3n) is 4.06. The van der Waals surface area contributed by atoms with Gasteiger partial charge in [-0.15, -0.1) is 0 Å². The van der Waals surface area contributed by atoms with E-state index in [1.165, 1.54) is 12.7 Å². The van der Waals surface area contributed by atoms with Gasteiger partial charge >= 0.3 is 0 Å². The molecule has 0 radical (unpaired) electrons. The van der Waals surface area contributed by atoms with E-state index in [-0.39, 0.29) is 0 Å². The minimum Gasteiger partial charge on any atom is -0.489 e. The Hall–Kier alpha value is -2.82. The molecule has 0 saturated carbocycles. The van der Waals surface area contributed by atoms with E-state index in [1.807, 2.05) is 31.2 Å². The summed E-state index contributed by atoms with van der Waals surface area (Å²) in [5.41, 5.74) is 5.74. The van der Waals surface area contributed by atoms with Crippen LogP contribution in [0, 0.1) is 13.8 Å². The molecule has 3 rings (SSSR count). The average molecular weight is 338 g/mol. The smallest absolute Gasteiger partial charge is 0.135 e. The minimum absolute atomic E-state index is 0.442. The Balaban J connectivity index is 1.87. The number of benzene rings is 2. The molecule has 0 N–H and O–H groups in total. The lowest BCUT2D eigenvalue weighted by atomic mass is 9.99. The average Bonchev–Trinajstić information content (AvgIpc) is 3.15. The number of oxime groups is 2. The summed E-state index contributed by atoms with van der Waals surface area (Å²) in [7, 11) is 1.53. The molecule has 2 aromatic rings. The lowest BCUT2D eigenvalue weighted by molar-refractivity contribution is 0.174. The molecule has 1 aliphatic heterocycles. The first-order valence-electron chi connectivity index (χ1n) is 8.27. The maximum absolute atomic E-state index is 6.07. The molecule has 0 atom stereocenters. The predicted molar refractivity (Wildman–Crippen MR) is 98.2 cm³/mol. The van der Waals surface area contributed by atoms with Crippen LogP contribution in [0.2, 0.25) is 0 Å². The first-order valence-corrected chi connectivity index (χ1v) is 8.27. The lowest BCUT2D eigenvalue weighted by Crippen LogP contribution is -2.17. The predicted octanol–water partition coefficient (Wildman–Crippen LogP) is 4.01. The second-order valence-electron chi connectivity index (χ2n) is 5.96. The van der Waals surface area contributed by atoms with Crippen LogP contribution >= 0.6 is 0 Å². The zero-order valence-electron chi connectivity index (χ0n) is 14.8. The molecule has 0 aliphatic carbocycles. The van der Waals surface area contributed by atoms with Crippen LogP contribution in [-0.2, 0) is 16.3 Å². The van der Waals surface area contributed by atoms with E-state index in [0.29, 0.717) is 25.3 Å². The molecule has 0 unspecified atom stereocenters. The maximum atomic E-state index is 6.07. The highest BCUT2D eigenvalue weighted by atomic mass is 16.6. The molecule has 0 saturated heterocycles. The zero-order valence-corrected chi connectivity index (χ0v) is 14.8. The van der Waals surface area contributed by atoms with Gasteiger partial charge in [-0.25, -0.2) is 0 Å². The van der Waals surface area contributed by atoms with Gasteiger partial charge in [0, 0.05) is 12.0 Å². The Morgan fingerprint density at radius 3 is 2.80 bits per heavy atom. The number of nitrogens with zero attached hydrogens (tertiary/aromatic N) is 2. The number of hydrogen-bond acceptors (Lipinski definition) is 5. The van der Waals surface area contributed by atoms with E-state index < -0.39 is 0 Å². The van der Waals surface area contributed by atoms with Crippen molar-refractivity contribution in [3.63, 3.8) is 0 Å². The quantitative estimate of drug-likeness (QED) is 0.591. The second kappa shape index (κ2) is 7.83. The summed E-state index contributed by atoms with van der Waals surface area (Å²) >= 11 is 0. The van der Waals surface area contributed by atoms with Gasteiger partial charge in [0.1, 0.15) is 37.5 Å². The highest BCUT2D eigenvalue weighted by molar-refractivity contribution is 6.48. The van der Waals surface area contributed by atoms with Crippen molar-refractivity contribution in [2.24, 2.45) is 10.3 Å². The fourth-order valence-electron chi connectivity index (χ4n) is 2.72. The molecule has 25 heavy (non-hydrogen) atoms. The Labute approximate surface area is 147 Å². The van der Waals surface area contributed by atoms with Crippen molar-refractivity contribution >= 4 is 11.4 Å². The molecular weight excluding hydrogens is 316 g/mol. The molecule has 0 bridgehead atoms. The third kappa shape index (κ3) is 3.99. The Bertz CT molecular complexity index is 812. The Morgan fingerprint density at radius 2 is 2.04 bits per heavy atom. The summed E-state index contributed by atoms with van der Waals surface area (Å²) in [5, 5.41) is 8.26. The van der Waals surface area contributed by atoms with Gasteiger partial charge in [0.05, 0.1) is 0 Å². The third-order valence-corrected chi connectivity index (χ3v) is 4.06. The zero-order chi connectivity index (χ0) is 17.6. The topological polar surface area (TPSA) is 52.4 Å². The highest BCUT2D eigenvalue weighted by Crippen LogP contribution is 2.22. The molecule has 0 fully saturated rings. The molecule has 5 heteroatoms. The fraction of sp³-hybridized carbons (Fsp3) is 0.300. The van der Waals surface area contributed by atoms with Crippen molar-refractivity contribution in [2.75, 3.05) is 13.7 Å². The number of aryl methyl sites for hydroxylation is 2. The van der Waals surface area contributed by atoms with Crippen molar-refractivity contribution in [2.45, 2.75) is 26.9 Å². The van der Waals surface area contributed by atoms with Crippen molar-refractivity contribution in [1.29, 1.82) is 0 Å². The maximum Gasteiger partial charge on any atom is 0.135 e. The molecule has 2 aromatic carbocycles. The monoisotopic (exact) mass is 338 g/mol. The molecule has 5 nitrogen and oxygen atoms in total. The number of hydrogen-bond donors (Lipinski definition) is 0. The summed E-state index contributed by atoms with van der Waals surface area (Å²) in [6, 6.07) is 14.2. The van der Waals surface area contributed by atoms with Crippen molar-refractivity contribution in [1.82, 2.24) is 0 Å². The van der Waals surface area contributed by atoms with Crippen molar-refractivity contribution < 1.29 is 14.4 Å². The van der Waals surface area contributed by atoms with E-state index in [1.54, 1.807) is 0 Å². The SMILES string of the molecule is CO/N=C(/C1=NOCC1)c1ccccc1COc1cc(C)ccc1C. The molecule has 0 spiro atoms. The van der Waals surface area contributed by atoms with Gasteiger partial charge in [-0.05, 0) is 36.6 Å². The second-order valence-corrected chi connectivity index (χ2v) is 5.96. The normalized spacial score (nSPS) is 14.0. The van der Waals surface area contributed by atoms with Gasteiger partial charge in [-0.2, -0.15) is 0 Å². The summed E-state index contributed by atoms with van der Waals surface area (Å²) < 4.78 is 6.07. The summed E-state index contributed by atoms with van der Waals surface area (Å²) in [6.45, 7) is 5.11. The van der Waals surface area contributed by atoms with Crippen molar-refractivity contribution in [3.05, 3.63) is 64.7 Å². The molecule has 1 aliphatic rings. The van der Waals surface area contributed by atoms with Crippen LogP contribution < -0.4 is 4.74 Å². The first kappa shape index (κ1) is 17.0. The van der Waals surface area contributed by atoms with Crippen LogP contribution in [0.15, 0.2) is 52.8 Å². The lowest BCUT2D eigenvalue weighted by Gasteiger charge is -2.14. The standard InChI is InChI=1S/C20H22N2O3/c1-14-8-9-15(2)19(12-14)24-13-16-6-4-5-7-17(16)20(22-23-3)18-10-11-25-21-18/h4-9,12H,10-11,13H2,1-3H3/b22-20+. The number of ether oxygens (including phenoxy) is 1. The van der Waals surface area contributed by atoms with E-state index in [9.17, 15) is 0 Å². The number of rotatable bonds is 6. The van der Waals surface area contributed by atoms with Gasteiger partial charge in [0.25, 0.3) is 0 Å². The van der Waals surface area contributed by atoms with Gasteiger partial charge in [0.15, 0.2) is 0 Å².